The quantitative estimate of drug-likeness (QED) is 0.557. The maximum absolute atomic E-state index is 4.41. The Balaban J connectivity index is 2.29. The van der Waals surface area contributed by atoms with Crippen LogP contribution >= 0.6 is 15.9 Å². The summed E-state index contributed by atoms with van der Waals surface area (Å²) in [4.78, 5) is 0. The minimum absolute atomic E-state index is 0.424. The average molecular weight is 384 g/mol. The van der Waals surface area contributed by atoms with Gasteiger partial charge in [0.25, 0.3) is 0 Å². The highest BCUT2D eigenvalue weighted by atomic mass is 79.9. The summed E-state index contributed by atoms with van der Waals surface area (Å²) in [6, 6.07) is 14.7. The van der Waals surface area contributed by atoms with Crippen LogP contribution in [0.2, 0.25) is 0 Å². The van der Waals surface area contributed by atoms with Crippen LogP contribution in [0.15, 0.2) is 53.3 Å². The second-order valence-corrected chi connectivity index (χ2v) is 7.45. The van der Waals surface area contributed by atoms with Crippen LogP contribution in [0.4, 0.5) is 0 Å². The van der Waals surface area contributed by atoms with E-state index in [4.69, 9.17) is 0 Å². The normalized spacial score (nSPS) is 11.5. The molecule has 4 heteroatoms. The van der Waals surface area contributed by atoms with Gasteiger partial charge in [-0.05, 0) is 29.0 Å². The third-order valence-corrected chi connectivity index (χ3v) is 4.94. The topological polar surface area (TPSA) is 30.7 Å². The number of hydrogen-bond acceptors (Lipinski definition) is 2. The lowest BCUT2D eigenvalue weighted by Gasteiger charge is -2.21. The molecule has 1 aromatic heterocycles. The summed E-state index contributed by atoms with van der Waals surface area (Å²) in [6.07, 6.45) is 1.82. The van der Waals surface area contributed by atoms with Gasteiger partial charge in [0.2, 0.25) is 0 Å². The molecule has 2 aromatic carbocycles. The highest BCUT2D eigenvalue weighted by molar-refractivity contribution is 9.10. The summed E-state index contributed by atoms with van der Waals surface area (Å²) in [5.74, 6) is 1.71. The Bertz CT molecular complexity index is 823. The number of nitrogens with zero attached hydrogens (tertiary/aromatic N) is 3. The maximum Gasteiger partial charge on any atom is 0.169 e. The summed E-state index contributed by atoms with van der Waals surface area (Å²) < 4.78 is 3.15. The second-order valence-electron chi connectivity index (χ2n) is 6.60. The van der Waals surface area contributed by atoms with Crippen LogP contribution < -0.4 is 0 Å². The molecule has 0 bridgehead atoms. The zero-order chi connectivity index (χ0) is 17.3. The van der Waals surface area contributed by atoms with E-state index in [1.54, 1.807) is 0 Å². The molecule has 1 heterocycles. The Kier molecular flexibility index (Phi) is 4.86. The fourth-order valence-electron chi connectivity index (χ4n) is 3.01. The van der Waals surface area contributed by atoms with Crippen LogP contribution in [-0.4, -0.2) is 14.8 Å². The molecule has 0 aliphatic rings. The van der Waals surface area contributed by atoms with Crippen molar-refractivity contribution in [3.05, 3.63) is 64.4 Å². The van der Waals surface area contributed by atoms with Gasteiger partial charge >= 0.3 is 0 Å². The van der Waals surface area contributed by atoms with Gasteiger partial charge in [-0.2, -0.15) is 0 Å². The van der Waals surface area contributed by atoms with E-state index in [0.717, 1.165) is 15.9 Å². The third kappa shape index (κ3) is 3.03. The molecule has 0 aliphatic heterocycles. The van der Waals surface area contributed by atoms with Crippen molar-refractivity contribution >= 4 is 15.9 Å². The van der Waals surface area contributed by atoms with Crippen LogP contribution in [0, 0.1) is 0 Å². The molecule has 3 aromatic rings. The summed E-state index contributed by atoms with van der Waals surface area (Å²) in [5.41, 5.74) is 4.88. The lowest BCUT2D eigenvalue weighted by Crippen LogP contribution is -2.08. The van der Waals surface area contributed by atoms with Crippen molar-refractivity contribution < 1.29 is 0 Å². The van der Waals surface area contributed by atoms with Crippen LogP contribution in [0.25, 0.3) is 17.1 Å². The van der Waals surface area contributed by atoms with Crippen molar-refractivity contribution in [1.29, 1.82) is 0 Å². The van der Waals surface area contributed by atoms with E-state index in [9.17, 15) is 0 Å². The molecule has 124 valence electrons. The van der Waals surface area contributed by atoms with Crippen molar-refractivity contribution in [3.63, 3.8) is 0 Å². The molecule has 3 rings (SSSR count). The van der Waals surface area contributed by atoms with Crippen LogP contribution in [0.3, 0.4) is 0 Å². The third-order valence-electron chi connectivity index (χ3n) is 4.25. The molecular formula is C20H22BrN3. The van der Waals surface area contributed by atoms with Crippen molar-refractivity contribution in [2.24, 2.45) is 0 Å². The van der Waals surface area contributed by atoms with Gasteiger partial charge in [0.05, 0.1) is 5.69 Å². The van der Waals surface area contributed by atoms with Crippen molar-refractivity contribution in [2.75, 3.05) is 0 Å². The molecule has 3 nitrogen and oxygen atoms in total. The SMILES string of the molecule is CC(C)c1cccc(C(C)C)c1-n1cnnc1-c1ccccc1Br. The molecule has 0 amide bonds. The predicted molar refractivity (Wildman–Crippen MR) is 103 cm³/mol. The summed E-state index contributed by atoms with van der Waals surface area (Å²) >= 11 is 3.64. The average Bonchev–Trinajstić information content (AvgIpc) is 3.03. The Hall–Kier alpha value is -1.94. The van der Waals surface area contributed by atoms with Crippen molar-refractivity contribution in [2.45, 2.75) is 39.5 Å². The molecule has 0 spiro atoms. The van der Waals surface area contributed by atoms with E-state index in [-0.39, 0.29) is 0 Å². The minimum Gasteiger partial charge on any atom is -0.281 e. The number of benzene rings is 2. The number of hydrogen-bond donors (Lipinski definition) is 0. The molecule has 0 radical (unpaired) electrons. The van der Waals surface area contributed by atoms with Gasteiger partial charge in [0.15, 0.2) is 5.82 Å². The van der Waals surface area contributed by atoms with Gasteiger partial charge in [-0.25, -0.2) is 0 Å². The van der Waals surface area contributed by atoms with Crippen LogP contribution in [0.1, 0.15) is 50.7 Å². The van der Waals surface area contributed by atoms with Gasteiger partial charge in [-0.15, -0.1) is 10.2 Å². The molecular weight excluding hydrogens is 362 g/mol. The van der Waals surface area contributed by atoms with E-state index >= 15 is 0 Å². The molecule has 0 unspecified atom stereocenters. The van der Waals surface area contributed by atoms with E-state index in [1.807, 2.05) is 24.5 Å². The van der Waals surface area contributed by atoms with Gasteiger partial charge in [0, 0.05) is 10.0 Å². The number of rotatable bonds is 4. The highest BCUT2D eigenvalue weighted by Crippen LogP contribution is 2.35. The molecule has 0 saturated heterocycles. The van der Waals surface area contributed by atoms with E-state index < -0.39 is 0 Å². The fourth-order valence-corrected chi connectivity index (χ4v) is 3.48. The van der Waals surface area contributed by atoms with Crippen molar-refractivity contribution in [1.82, 2.24) is 14.8 Å². The Morgan fingerprint density at radius 3 is 2.08 bits per heavy atom. The number of aromatic nitrogens is 3. The maximum atomic E-state index is 4.41. The monoisotopic (exact) mass is 383 g/mol. The lowest BCUT2D eigenvalue weighted by molar-refractivity contribution is 0.806. The highest BCUT2D eigenvalue weighted by Gasteiger charge is 2.19. The summed E-state index contributed by atoms with van der Waals surface area (Å²) in [6.45, 7) is 8.91. The Morgan fingerprint density at radius 1 is 0.875 bits per heavy atom. The first-order chi connectivity index (χ1) is 11.5. The summed E-state index contributed by atoms with van der Waals surface area (Å²) in [7, 11) is 0. The van der Waals surface area contributed by atoms with E-state index in [2.05, 4.69) is 82.7 Å². The second kappa shape index (κ2) is 6.89. The summed E-state index contributed by atoms with van der Waals surface area (Å²) in [5, 5.41) is 8.62. The smallest absolute Gasteiger partial charge is 0.169 e. The first kappa shape index (κ1) is 16.9. The van der Waals surface area contributed by atoms with Crippen LogP contribution in [0.5, 0.6) is 0 Å². The zero-order valence-corrected chi connectivity index (χ0v) is 16.1. The molecule has 0 N–H and O–H groups in total. The molecule has 0 saturated carbocycles. The van der Waals surface area contributed by atoms with Crippen molar-refractivity contribution in [3.8, 4) is 17.1 Å². The van der Waals surface area contributed by atoms with Gasteiger partial charge in [0.1, 0.15) is 6.33 Å². The minimum atomic E-state index is 0.424. The van der Waals surface area contributed by atoms with Crippen LogP contribution in [-0.2, 0) is 0 Å². The lowest BCUT2D eigenvalue weighted by atomic mass is 9.92. The van der Waals surface area contributed by atoms with Gasteiger partial charge in [-0.3, -0.25) is 4.57 Å². The fraction of sp³-hybridized carbons (Fsp3) is 0.300. The molecule has 24 heavy (non-hydrogen) atoms. The Morgan fingerprint density at radius 2 is 1.50 bits per heavy atom. The van der Waals surface area contributed by atoms with Gasteiger partial charge in [-0.1, -0.05) is 80.0 Å². The van der Waals surface area contributed by atoms with Gasteiger partial charge < -0.3 is 0 Å². The standard InChI is InChI=1S/C20H22BrN3/c1-13(2)15-9-7-10-16(14(3)4)19(15)24-12-22-23-20(24)17-8-5-6-11-18(17)21/h5-14H,1-4H3. The first-order valence-corrected chi connectivity index (χ1v) is 9.08. The molecule has 0 aliphatic carbocycles. The Labute approximate surface area is 151 Å². The number of para-hydroxylation sites is 1. The first-order valence-electron chi connectivity index (χ1n) is 8.28. The van der Waals surface area contributed by atoms with E-state index in [1.165, 1.54) is 16.8 Å². The number of halogens is 1. The molecule has 0 atom stereocenters. The molecule has 0 fully saturated rings. The predicted octanol–water partition coefficient (Wildman–Crippen LogP) is 5.94. The van der Waals surface area contributed by atoms with E-state index in [0.29, 0.717) is 11.8 Å². The zero-order valence-electron chi connectivity index (χ0n) is 14.5. The largest absolute Gasteiger partial charge is 0.281 e.